The van der Waals surface area contributed by atoms with Crippen LogP contribution in [0.25, 0.3) is 11.7 Å². The van der Waals surface area contributed by atoms with E-state index in [1.165, 1.54) is 18.4 Å². The monoisotopic (exact) mass is 451 g/mol. The normalized spacial score (nSPS) is 14.5. The van der Waals surface area contributed by atoms with Crippen LogP contribution < -0.4 is 0 Å². The molecule has 3 aromatic rings. The fourth-order valence-corrected chi connectivity index (χ4v) is 3.52. The smallest absolute Gasteiger partial charge is 0.361 e. The summed E-state index contributed by atoms with van der Waals surface area (Å²) in [6.45, 7) is 9.62. The quantitative estimate of drug-likeness (QED) is 0.398. The van der Waals surface area contributed by atoms with Crippen LogP contribution in [-0.4, -0.2) is 48.5 Å². The Kier molecular flexibility index (Phi) is 6.05. The summed E-state index contributed by atoms with van der Waals surface area (Å²) in [5, 5.41) is 7.98. The van der Waals surface area contributed by atoms with Gasteiger partial charge in [-0.15, -0.1) is 5.10 Å². The van der Waals surface area contributed by atoms with E-state index < -0.39 is 11.6 Å². The van der Waals surface area contributed by atoms with Crippen LogP contribution in [0.5, 0.6) is 0 Å². The largest absolute Gasteiger partial charge is 0.463 e. The maximum atomic E-state index is 12.2. The van der Waals surface area contributed by atoms with E-state index in [-0.39, 0.29) is 11.7 Å². The van der Waals surface area contributed by atoms with E-state index in [0.717, 1.165) is 16.9 Å². The summed E-state index contributed by atoms with van der Waals surface area (Å²) >= 11 is 0. The minimum Gasteiger partial charge on any atom is -0.463 e. The molecular weight excluding hydrogens is 422 g/mol. The van der Waals surface area contributed by atoms with E-state index in [0.29, 0.717) is 24.6 Å². The van der Waals surface area contributed by atoms with Crippen molar-refractivity contribution in [3.63, 3.8) is 0 Å². The van der Waals surface area contributed by atoms with Gasteiger partial charge in [0.25, 0.3) is 0 Å². The summed E-state index contributed by atoms with van der Waals surface area (Å²) in [5.41, 5.74) is 3.66. The van der Waals surface area contributed by atoms with Crippen molar-refractivity contribution < 1.29 is 19.1 Å². The number of hydrogen-bond donors (Lipinski definition) is 0. The zero-order valence-corrected chi connectivity index (χ0v) is 19.7. The molecule has 9 nitrogen and oxygen atoms in total. The highest BCUT2D eigenvalue weighted by molar-refractivity contribution is 5.94. The van der Waals surface area contributed by atoms with Gasteiger partial charge >= 0.3 is 11.9 Å². The minimum absolute atomic E-state index is 0.151. The van der Waals surface area contributed by atoms with Gasteiger partial charge in [-0.1, -0.05) is 5.21 Å². The molecule has 3 aromatic heterocycles. The molecule has 0 atom stereocenters. The molecule has 4 rings (SSSR count). The molecule has 0 N–H and O–H groups in total. The van der Waals surface area contributed by atoms with Crippen molar-refractivity contribution in [2.24, 2.45) is 0 Å². The maximum absolute atomic E-state index is 12.2. The average molecular weight is 452 g/mol. The van der Waals surface area contributed by atoms with Gasteiger partial charge in [0.15, 0.2) is 5.69 Å². The first-order valence-electron chi connectivity index (χ1n) is 11.1. The standard InChI is InChI=1S/C24H29N5O4/c1-6-32-22(30)15(2)9-17-10-18(16-7-8-16)11-28-12-19(25-21(17)28)13-29-14-20(26-27-29)23(31)33-24(3,4)5/h9-12,14,16H,6-8,13H2,1-5H3/b15-9+. The van der Waals surface area contributed by atoms with Gasteiger partial charge < -0.3 is 13.9 Å². The average Bonchev–Trinajstić information content (AvgIpc) is 3.33. The second-order valence-corrected chi connectivity index (χ2v) is 9.32. The molecule has 33 heavy (non-hydrogen) atoms. The highest BCUT2D eigenvalue weighted by Crippen LogP contribution is 2.40. The van der Waals surface area contributed by atoms with E-state index in [2.05, 4.69) is 22.6 Å². The summed E-state index contributed by atoms with van der Waals surface area (Å²) in [7, 11) is 0. The molecule has 0 radical (unpaired) electrons. The SMILES string of the molecule is CCOC(=O)/C(C)=C/c1cc(C2CC2)cn2cc(Cn3cc(C(=O)OC(C)(C)C)nn3)nc12. The van der Waals surface area contributed by atoms with Crippen LogP contribution in [0.4, 0.5) is 0 Å². The number of nitrogens with zero attached hydrogens (tertiary/aromatic N) is 5. The van der Waals surface area contributed by atoms with Crippen LogP contribution in [0.3, 0.4) is 0 Å². The fraction of sp³-hybridized carbons (Fsp3) is 0.458. The fourth-order valence-electron chi connectivity index (χ4n) is 3.52. The van der Waals surface area contributed by atoms with Crippen molar-refractivity contribution in [2.45, 2.75) is 65.5 Å². The topological polar surface area (TPSA) is 101 Å². The Hall–Kier alpha value is -3.49. The molecule has 0 aromatic carbocycles. The molecule has 1 fully saturated rings. The first kappa shape index (κ1) is 22.7. The van der Waals surface area contributed by atoms with Gasteiger partial charge in [0.05, 0.1) is 25.0 Å². The number of esters is 2. The van der Waals surface area contributed by atoms with Crippen LogP contribution in [0.1, 0.15) is 80.7 Å². The molecular formula is C24H29N5O4. The molecule has 0 saturated heterocycles. The predicted molar refractivity (Wildman–Crippen MR) is 122 cm³/mol. The number of hydrogen-bond acceptors (Lipinski definition) is 7. The summed E-state index contributed by atoms with van der Waals surface area (Å²) in [6, 6.07) is 2.10. The molecule has 3 heterocycles. The second kappa shape index (κ2) is 8.80. The molecule has 0 aliphatic heterocycles. The number of fused-ring (bicyclic) bond motifs is 1. The third kappa shape index (κ3) is 5.47. The van der Waals surface area contributed by atoms with E-state index in [1.54, 1.807) is 45.5 Å². The van der Waals surface area contributed by atoms with Crippen molar-refractivity contribution in [1.82, 2.24) is 24.4 Å². The first-order chi connectivity index (χ1) is 15.6. The Labute approximate surface area is 192 Å². The summed E-state index contributed by atoms with van der Waals surface area (Å²) in [5.74, 6) is -0.307. The van der Waals surface area contributed by atoms with E-state index >= 15 is 0 Å². The predicted octanol–water partition coefficient (Wildman–Crippen LogP) is 3.77. The number of aromatic nitrogens is 5. The molecule has 174 valence electrons. The van der Waals surface area contributed by atoms with Gasteiger partial charge in [0, 0.05) is 23.5 Å². The Morgan fingerprint density at radius 1 is 1.21 bits per heavy atom. The lowest BCUT2D eigenvalue weighted by atomic mass is 10.1. The zero-order valence-electron chi connectivity index (χ0n) is 19.7. The van der Waals surface area contributed by atoms with Gasteiger partial charge in [-0.25, -0.2) is 19.3 Å². The Morgan fingerprint density at radius 2 is 1.97 bits per heavy atom. The molecule has 0 unspecified atom stereocenters. The zero-order chi connectivity index (χ0) is 23.8. The van der Waals surface area contributed by atoms with Crippen LogP contribution in [-0.2, 0) is 20.8 Å². The lowest BCUT2D eigenvalue weighted by Crippen LogP contribution is -2.24. The van der Waals surface area contributed by atoms with Crippen molar-refractivity contribution in [2.75, 3.05) is 6.61 Å². The molecule has 9 heteroatoms. The Bertz CT molecular complexity index is 1230. The number of carbonyl (C=O) groups is 2. The van der Waals surface area contributed by atoms with Crippen LogP contribution in [0.15, 0.2) is 30.2 Å². The van der Waals surface area contributed by atoms with Gasteiger partial charge in [-0.2, -0.15) is 0 Å². The second-order valence-electron chi connectivity index (χ2n) is 9.32. The summed E-state index contributed by atoms with van der Waals surface area (Å²) in [6.07, 6.45) is 9.74. The molecule has 1 saturated carbocycles. The third-order valence-corrected chi connectivity index (χ3v) is 5.14. The first-order valence-corrected chi connectivity index (χ1v) is 11.1. The van der Waals surface area contributed by atoms with Gasteiger partial charge in [-0.05, 0) is 71.1 Å². The highest BCUT2D eigenvalue weighted by Gasteiger charge is 2.25. The van der Waals surface area contributed by atoms with Crippen LogP contribution >= 0.6 is 0 Å². The number of rotatable bonds is 7. The molecule has 0 bridgehead atoms. The third-order valence-electron chi connectivity index (χ3n) is 5.14. The van der Waals surface area contributed by atoms with Gasteiger partial charge in [0.2, 0.25) is 0 Å². The Morgan fingerprint density at radius 3 is 2.64 bits per heavy atom. The maximum Gasteiger partial charge on any atom is 0.361 e. The van der Waals surface area contributed by atoms with E-state index in [1.807, 2.05) is 16.7 Å². The van der Waals surface area contributed by atoms with Crippen molar-refractivity contribution >= 4 is 23.7 Å². The Balaban J connectivity index is 1.62. The number of pyridine rings is 1. The van der Waals surface area contributed by atoms with Crippen molar-refractivity contribution in [3.8, 4) is 0 Å². The van der Waals surface area contributed by atoms with E-state index in [4.69, 9.17) is 14.5 Å². The molecule has 1 aliphatic carbocycles. The minimum atomic E-state index is -0.604. The number of ether oxygens (including phenoxy) is 2. The lowest BCUT2D eigenvalue weighted by Gasteiger charge is -2.18. The van der Waals surface area contributed by atoms with Crippen molar-refractivity contribution in [3.05, 3.63) is 52.7 Å². The summed E-state index contributed by atoms with van der Waals surface area (Å²) < 4.78 is 14.0. The van der Waals surface area contributed by atoms with Crippen LogP contribution in [0.2, 0.25) is 0 Å². The number of imidazole rings is 1. The number of carbonyl (C=O) groups excluding carboxylic acids is 2. The molecule has 1 aliphatic rings. The summed E-state index contributed by atoms with van der Waals surface area (Å²) in [4.78, 5) is 29.1. The molecule has 0 amide bonds. The van der Waals surface area contributed by atoms with Crippen molar-refractivity contribution in [1.29, 1.82) is 0 Å². The van der Waals surface area contributed by atoms with E-state index in [9.17, 15) is 9.59 Å². The van der Waals surface area contributed by atoms with Gasteiger partial charge in [0.1, 0.15) is 11.2 Å². The van der Waals surface area contributed by atoms with Gasteiger partial charge in [-0.3, -0.25) is 0 Å². The molecule has 0 spiro atoms. The highest BCUT2D eigenvalue weighted by atomic mass is 16.6. The van der Waals surface area contributed by atoms with Crippen LogP contribution in [0, 0.1) is 0 Å². The lowest BCUT2D eigenvalue weighted by molar-refractivity contribution is -0.138.